The Kier molecular flexibility index (Phi) is 3.06. The highest BCUT2D eigenvalue weighted by Crippen LogP contribution is 2.34. The number of ether oxygens (including phenoxy) is 1. The highest BCUT2D eigenvalue weighted by atomic mass is 35.5. The first kappa shape index (κ1) is 10.6. The minimum absolute atomic E-state index is 0. The molecule has 1 aliphatic rings. The van der Waals surface area contributed by atoms with E-state index in [-0.39, 0.29) is 18.4 Å². The van der Waals surface area contributed by atoms with E-state index >= 15 is 0 Å². The van der Waals surface area contributed by atoms with Gasteiger partial charge in [0, 0.05) is 10.6 Å². The summed E-state index contributed by atoms with van der Waals surface area (Å²) in [5.74, 6) is 0.879. The smallest absolute Gasteiger partial charge is 0.124 e. The molecule has 13 heavy (non-hydrogen) atoms. The van der Waals surface area contributed by atoms with E-state index in [9.17, 15) is 0 Å². The number of rotatable bonds is 0. The molecular weight excluding hydrogens is 209 g/mol. The first-order valence-corrected chi connectivity index (χ1v) is 4.24. The van der Waals surface area contributed by atoms with E-state index in [1.165, 1.54) is 0 Å². The summed E-state index contributed by atoms with van der Waals surface area (Å²) in [5, 5.41) is 0.759. The van der Waals surface area contributed by atoms with Gasteiger partial charge in [0.2, 0.25) is 0 Å². The average molecular weight is 220 g/mol. The third kappa shape index (κ3) is 1.75. The molecule has 0 fully saturated rings. The molecule has 1 heterocycles. The summed E-state index contributed by atoms with van der Waals surface area (Å²) < 4.78 is 5.36. The molecule has 2 nitrogen and oxygen atoms in total. The minimum Gasteiger partial charge on any atom is -0.491 e. The fourth-order valence-electron chi connectivity index (χ4n) is 1.35. The second-order valence-electron chi connectivity index (χ2n) is 3.06. The topological polar surface area (TPSA) is 35.2 Å². The van der Waals surface area contributed by atoms with E-state index in [0.29, 0.717) is 6.61 Å². The van der Waals surface area contributed by atoms with Gasteiger partial charge in [-0.25, -0.2) is 0 Å². The van der Waals surface area contributed by atoms with Crippen LogP contribution in [0, 0.1) is 6.92 Å². The number of aryl methyl sites for hydroxylation is 1. The van der Waals surface area contributed by atoms with Crippen molar-refractivity contribution in [2.24, 2.45) is 5.73 Å². The van der Waals surface area contributed by atoms with Gasteiger partial charge < -0.3 is 10.5 Å². The standard InChI is InChI=1S/C9H10ClNO.ClH/c1-5-2-9-6(3-7(5)10)8(11)4-12-9;/h2-3,8H,4,11H2,1H3;1H. The summed E-state index contributed by atoms with van der Waals surface area (Å²) in [6, 6.07) is 3.81. The van der Waals surface area contributed by atoms with Crippen molar-refractivity contribution in [3.8, 4) is 5.75 Å². The van der Waals surface area contributed by atoms with Crippen LogP contribution < -0.4 is 10.5 Å². The molecule has 1 atom stereocenters. The number of benzene rings is 1. The molecule has 2 rings (SSSR count). The van der Waals surface area contributed by atoms with Gasteiger partial charge in [-0.05, 0) is 24.6 Å². The van der Waals surface area contributed by atoms with Gasteiger partial charge in [-0.3, -0.25) is 0 Å². The second kappa shape index (κ2) is 3.74. The van der Waals surface area contributed by atoms with Crippen molar-refractivity contribution in [3.05, 3.63) is 28.3 Å². The van der Waals surface area contributed by atoms with E-state index in [4.69, 9.17) is 22.1 Å². The predicted octanol–water partition coefficient (Wildman–Crippen LogP) is 2.46. The fourth-order valence-corrected chi connectivity index (χ4v) is 1.53. The molecule has 4 heteroatoms. The van der Waals surface area contributed by atoms with Crippen molar-refractivity contribution < 1.29 is 4.74 Å². The first-order valence-electron chi connectivity index (χ1n) is 3.87. The molecule has 0 bridgehead atoms. The SMILES string of the molecule is Cc1cc2c(cc1Cl)C(N)CO2.Cl. The van der Waals surface area contributed by atoms with Crippen LogP contribution in [0.1, 0.15) is 17.2 Å². The maximum Gasteiger partial charge on any atom is 0.124 e. The molecule has 0 aromatic heterocycles. The lowest BCUT2D eigenvalue weighted by Crippen LogP contribution is -2.10. The maximum atomic E-state index is 5.95. The van der Waals surface area contributed by atoms with Crippen molar-refractivity contribution in [1.82, 2.24) is 0 Å². The Morgan fingerprint density at radius 3 is 2.92 bits per heavy atom. The summed E-state index contributed by atoms with van der Waals surface area (Å²) in [6.07, 6.45) is 0. The van der Waals surface area contributed by atoms with Gasteiger partial charge in [-0.15, -0.1) is 12.4 Å². The summed E-state index contributed by atoms with van der Waals surface area (Å²) in [4.78, 5) is 0. The maximum absolute atomic E-state index is 5.95. The number of hydrogen-bond acceptors (Lipinski definition) is 2. The highest BCUT2D eigenvalue weighted by Gasteiger charge is 2.21. The van der Waals surface area contributed by atoms with Crippen LogP contribution in [0.15, 0.2) is 12.1 Å². The van der Waals surface area contributed by atoms with Crippen LogP contribution in [0.5, 0.6) is 5.75 Å². The van der Waals surface area contributed by atoms with Gasteiger partial charge in [0.25, 0.3) is 0 Å². The Hall–Kier alpha value is -0.440. The monoisotopic (exact) mass is 219 g/mol. The van der Waals surface area contributed by atoms with Gasteiger partial charge in [0.05, 0.1) is 6.04 Å². The Morgan fingerprint density at radius 1 is 1.54 bits per heavy atom. The van der Waals surface area contributed by atoms with E-state index in [1.807, 2.05) is 19.1 Å². The minimum atomic E-state index is -0.0156. The lowest BCUT2D eigenvalue weighted by Gasteiger charge is -2.03. The summed E-state index contributed by atoms with van der Waals surface area (Å²) in [6.45, 7) is 2.52. The average Bonchev–Trinajstić information content (AvgIpc) is 2.35. The zero-order chi connectivity index (χ0) is 8.72. The molecule has 0 saturated heterocycles. The second-order valence-corrected chi connectivity index (χ2v) is 3.46. The molecule has 1 aromatic carbocycles. The van der Waals surface area contributed by atoms with E-state index in [2.05, 4.69) is 0 Å². The molecule has 1 aliphatic heterocycles. The van der Waals surface area contributed by atoms with Crippen molar-refractivity contribution in [2.45, 2.75) is 13.0 Å². The zero-order valence-electron chi connectivity index (χ0n) is 7.21. The van der Waals surface area contributed by atoms with E-state index < -0.39 is 0 Å². The normalized spacial score (nSPS) is 18.8. The molecular formula is C9H11Cl2NO. The van der Waals surface area contributed by atoms with Crippen LogP contribution in [0.4, 0.5) is 0 Å². The summed E-state index contributed by atoms with van der Waals surface area (Å²) in [5.41, 5.74) is 7.83. The Morgan fingerprint density at radius 2 is 2.23 bits per heavy atom. The quantitative estimate of drug-likeness (QED) is 0.728. The third-order valence-corrected chi connectivity index (χ3v) is 2.52. The van der Waals surface area contributed by atoms with Gasteiger partial charge in [-0.1, -0.05) is 11.6 Å². The van der Waals surface area contributed by atoms with Crippen LogP contribution in [0.25, 0.3) is 0 Å². The van der Waals surface area contributed by atoms with Gasteiger partial charge in [0.15, 0.2) is 0 Å². The van der Waals surface area contributed by atoms with Gasteiger partial charge in [0.1, 0.15) is 12.4 Å². The number of fused-ring (bicyclic) bond motifs is 1. The number of hydrogen-bond donors (Lipinski definition) is 1. The van der Waals surface area contributed by atoms with Crippen LogP contribution in [-0.2, 0) is 0 Å². The van der Waals surface area contributed by atoms with Crippen LogP contribution in [0.2, 0.25) is 5.02 Å². The zero-order valence-corrected chi connectivity index (χ0v) is 8.78. The molecule has 72 valence electrons. The molecule has 0 saturated carbocycles. The Balaban J connectivity index is 0.000000845. The lowest BCUT2D eigenvalue weighted by molar-refractivity contribution is 0.333. The summed E-state index contributed by atoms with van der Waals surface area (Å²) in [7, 11) is 0. The molecule has 0 aliphatic carbocycles. The van der Waals surface area contributed by atoms with Crippen LogP contribution >= 0.6 is 24.0 Å². The van der Waals surface area contributed by atoms with Crippen molar-refractivity contribution in [2.75, 3.05) is 6.61 Å². The predicted molar refractivity (Wildman–Crippen MR) is 55.9 cm³/mol. The lowest BCUT2D eigenvalue weighted by atomic mass is 10.1. The molecule has 1 unspecified atom stereocenters. The largest absolute Gasteiger partial charge is 0.491 e. The molecule has 0 amide bonds. The van der Waals surface area contributed by atoms with Crippen molar-refractivity contribution in [3.63, 3.8) is 0 Å². The third-order valence-electron chi connectivity index (χ3n) is 2.11. The first-order chi connectivity index (χ1) is 5.68. The van der Waals surface area contributed by atoms with Gasteiger partial charge in [-0.2, -0.15) is 0 Å². The van der Waals surface area contributed by atoms with E-state index in [1.54, 1.807) is 0 Å². The van der Waals surface area contributed by atoms with Crippen LogP contribution in [0.3, 0.4) is 0 Å². The molecule has 2 N–H and O–H groups in total. The van der Waals surface area contributed by atoms with Crippen LogP contribution in [-0.4, -0.2) is 6.61 Å². The number of halogens is 2. The Labute approximate surface area is 88.4 Å². The molecule has 0 spiro atoms. The molecule has 1 aromatic rings. The van der Waals surface area contributed by atoms with Gasteiger partial charge >= 0.3 is 0 Å². The van der Waals surface area contributed by atoms with Crippen molar-refractivity contribution in [1.29, 1.82) is 0 Å². The fraction of sp³-hybridized carbons (Fsp3) is 0.333. The molecule has 0 radical (unpaired) electrons. The summed E-state index contributed by atoms with van der Waals surface area (Å²) >= 11 is 5.95. The van der Waals surface area contributed by atoms with Crippen molar-refractivity contribution >= 4 is 24.0 Å². The van der Waals surface area contributed by atoms with E-state index in [0.717, 1.165) is 21.9 Å². The number of nitrogens with two attached hydrogens (primary N) is 1. The Bertz CT molecular complexity index is 328. The highest BCUT2D eigenvalue weighted by molar-refractivity contribution is 6.31.